The van der Waals surface area contributed by atoms with Gasteiger partial charge in [-0.2, -0.15) is 0 Å². The van der Waals surface area contributed by atoms with Gasteiger partial charge in [0.15, 0.2) is 18.3 Å². The summed E-state index contributed by atoms with van der Waals surface area (Å²) in [6.07, 6.45) is 1.88. The molecule has 2 saturated carbocycles. The summed E-state index contributed by atoms with van der Waals surface area (Å²) in [5.74, 6) is -2.38. The molecule has 2 aliphatic carbocycles. The van der Waals surface area contributed by atoms with Crippen molar-refractivity contribution in [1.29, 1.82) is 0 Å². The topological polar surface area (TPSA) is 196 Å². The van der Waals surface area contributed by atoms with Gasteiger partial charge in [0.05, 0.1) is 38.1 Å². The summed E-state index contributed by atoms with van der Waals surface area (Å²) in [6, 6.07) is 16.1. The molecule has 0 bridgehead atoms. The molecule has 6 rings (SSSR count). The van der Waals surface area contributed by atoms with Gasteiger partial charge >= 0.3 is 23.9 Å². The highest BCUT2D eigenvalue weighted by Crippen LogP contribution is 2.53. The van der Waals surface area contributed by atoms with Crippen LogP contribution < -0.4 is 4.74 Å². The number of halogens is 1. The van der Waals surface area contributed by atoms with E-state index in [9.17, 15) is 29.1 Å². The molecule has 1 aromatic heterocycles. The van der Waals surface area contributed by atoms with Gasteiger partial charge in [0.25, 0.3) is 5.91 Å². The lowest BCUT2D eigenvalue weighted by atomic mass is 9.96. The predicted molar refractivity (Wildman–Crippen MR) is 237 cm³/mol. The number of esters is 4. The second-order valence-electron chi connectivity index (χ2n) is 16.1. The maximum absolute atomic E-state index is 14.3. The fraction of sp³-hybridized carbons (Fsp3) is 0.532. The Bertz CT molecular complexity index is 2130. The van der Waals surface area contributed by atoms with E-state index in [4.69, 9.17) is 49.5 Å². The molecule has 65 heavy (non-hydrogen) atoms. The number of hydrogen-bond donors (Lipinski definition) is 1. The Kier molecular flexibility index (Phi) is 18.0. The number of aliphatic hydroxyl groups is 1. The van der Waals surface area contributed by atoms with Crippen LogP contribution in [0.25, 0.3) is 11.1 Å². The van der Waals surface area contributed by atoms with Crippen LogP contribution in [0.15, 0.2) is 65.8 Å². The third kappa shape index (κ3) is 14.1. The number of carbonyl (C=O) groups excluding carboxylic acids is 5. The van der Waals surface area contributed by atoms with Gasteiger partial charge in [-0.05, 0) is 85.7 Å². The lowest BCUT2D eigenvalue weighted by Crippen LogP contribution is -2.65. The number of benzene rings is 2. The first-order valence-corrected chi connectivity index (χ1v) is 23.2. The van der Waals surface area contributed by atoms with Crippen LogP contribution in [0, 0.1) is 0 Å². The van der Waals surface area contributed by atoms with Crippen LogP contribution in [0.4, 0.5) is 0 Å². The van der Waals surface area contributed by atoms with Crippen LogP contribution in [-0.2, 0) is 69.3 Å². The van der Waals surface area contributed by atoms with Gasteiger partial charge in [-0.15, -0.1) is 11.8 Å². The van der Waals surface area contributed by atoms with Crippen molar-refractivity contribution in [2.75, 3.05) is 38.7 Å². The molecule has 0 radical (unpaired) electrons. The van der Waals surface area contributed by atoms with E-state index in [1.165, 1.54) is 4.90 Å². The third-order valence-electron chi connectivity index (χ3n) is 10.9. The van der Waals surface area contributed by atoms with Crippen molar-refractivity contribution >= 4 is 53.1 Å². The van der Waals surface area contributed by atoms with Crippen molar-refractivity contribution < 1.29 is 67.0 Å². The van der Waals surface area contributed by atoms with Crippen LogP contribution in [0.2, 0.25) is 5.02 Å². The van der Waals surface area contributed by atoms with E-state index in [0.717, 1.165) is 105 Å². The molecule has 3 aliphatic rings. The van der Waals surface area contributed by atoms with E-state index in [1.807, 2.05) is 42.6 Å². The highest BCUT2D eigenvalue weighted by Gasteiger charge is 2.56. The minimum Gasteiger partial charge on any atom is -0.490 e. The average molecular weight is 941 g/mol. The molecule has 1 aliphatic heterocycles. The Labute approximate surface area is 387 Å². The Hall–Kier alpha value is -4.78. The van der Waals surface area contributed by atoms with E-state index in [2.05, 4.69) is 17.1 Å². The predicted octanol–water partition coefficient (Wildman–Crippen LogP) is 6.33. The SMILES string of the molecule is CC(=O)OC1OC(C(=O)N(CCCCCSc2ccc(Cl)c(COC3(c4cnccc4-c4ccccc4OC4CC4)CC3)c2)CCOCCO)C(OC(C)=O)C(OC(C)=O)C1OC(C)=O. The van der Waals surface area contributed by atoms with Crippen molar-refractivity contribution in [2.45, 2.75) is 127 Å². The minimum atomic E-state index is -1.69. The Balaban J connectivity index is 1.07. The summed E-state index contributed by atoms with van der Waals surface area (Å²) in [5, 5.41) is 9.87. The zero-order valence-electron chi connectivity index (χ0n) is 37.1. The first-order chi connectivity index (χ1) is 31.3. The number of aromatic nitrogens is 1. The van der Waals surface area contributed by atoms with E-state index in [-0.39, 0.29) is 39.0 Å². The van der Waals surface area contributed by atoms with Crippen LogP contribution in [0.1, 0.15) is 83.8 Å². The number of amides is 1. The monoisotopic (exact) mass is 940 g/mol. The number of pyridine rings is 1. The normalized spacial score (nSPS) is 20.9. The van der Waals surface area contributed by atoms with Gasteiger partial charge < -0.3 is 47.9 Å². The molecule has 0 spiro atoms. The standard InChI is InChI=1S/C47H57ClN2O14S/c1-29(52)59-41-42(60-30(2)53)44(61-31(3)54)46(62-32(4)55)64-43(41)45(56)50(21-23-57-24-22-51)20-8-5-9-25-65-35-14-15-39(48)33(26-35)28-58-47(17-18-47)38-27-49-19-16-36(38)37-10-6-7-11-40(37)63-34-12-13-34/h6-7,10-11,14-16,19,26-27,34,41-44,46,51H,5,8-9,12-13,17-18,20-25,28H2,1-4H3. The van der Waals surface area contributed by atoms with Crippen LogP contribution in [0.3, 0.4) is 0 Å². The Morgan fingerprint density at radius 3 is 2.23 bits per heavy atom. The second kappa shape index (κ2) is 23.6. The van der Waals surface area contributed by atoms with Crippen LogP contribution >= 0.6 is 23.4 Å². The van der Waals surface area contributed by atoms with Gasteiger partial charge in [-0.1, -0.05) is 36.2 Å². The van der Waals surface area contributed by atoms with Gasteiger partial charge in [0.2, 0.25) is 12.4 Å². The average Bonchev–Trinajstić information content (AvgIpc) is 4.22. The molecule has 2 heterocycles. The number of hydrogen-bond acceptors (Lipinski definition) is 16. The second-order valence-corrected chi connectivity index (χ2v) is 17.7. The quantitative estimate of drug-likeness (QED) is 0.0452. The molecule has 3 fully saturated rings. The summed E-state index contributed by atoms with van der Waals surface area (Å²) in [7, 11) is 0. The zero-order valence-corrected chi connectivity index (χ0v) is 38.6. The number of aliphatic hydroxyl groups excluding tert-OH is 1. The molecule has 5 atom stereocenters. The third-order valence-corrected chi connectivity index (χ3v) is 12.3. The van der Waals surface area contributed by atoms with Crippen LogP contribution in [0.5, 0.6) is 5.75 Å². The summed E-state index contributed by atoms with van der Waals surface area (Å²) in [4.78, 5) is 70.1. The Morgan fingerprint density at radius 2 is 1.54 bits per heavy atom. The molecule has 1 saturated heterocycles. The smallest absolute Gasteiger partial charge is 0.305 e. The van der Waals surface area contributed by atoms with E-state index in [1.54, 1.807) is 18.0 Å². The summed E-state index contributed by atoms with van der Waals surface area (Å²) in [5.41, 5.74) is 3.52. The summed E-state index contributed by atoms with van der Waals surface area (Å²) >= 11 is 8.39. The molecule has 1 amide bonds. The van der Waals surface area contributed by atoms with Crippen molar-refractivity contribution in [1.82, 2.24) is 9.88 Å². The maximum atomic E-state index is 14.3. The number of ether oxygens (including phenoxy) is 8. The number of para-hydroxylation sites is 1. The van der Waals surface area contributed by atoms with Crippen molar-refractivity contribution in [3.05, 3.63) is 77.1 Å². The van der Waals surface area contributed by atoms with E-state index < -0.39 is 66.1 Å². The van der Waals surface area contributed by atoms with Crippen molar-refractivity contribution in [3.8, 4) is 16.9 Å². The fourth-order valence-electron chi connectivity index (χ4n) is 7.58. The number of thioether (sulfide) groups is 1. The first kappa shape index (κ1) is 49.6. The Morgan fingerprint density at radius 1 is 0.831 bits per heavy atom. The minimum absolute atomic E-state index is 0.0401. The molecule has 1 N–H and O–H groups in total. The molecule has 16 nitrogen and oxygen atoms in total. The molecule has 352 valence electrons. The van der Waals surface area contributed by atoms with Gasteiger partial charge in [0, 0.05) is 74.2 Å². The lowest BCUT2D eigenvalue weighted by molar-refractivity contribution is -0.292. The number of unbranched alkanes of at least 4 members (excludes halogenated alkanes) is 2. The van der Waals surface area contributed by atoms with E-state index in [0.29, 0.717) is 18.1 Å². The number of rotatable bonds is 24. The summed E-state index contributed by atoms with van der Waals surface area (Å²) in [6.45, 7) is 4.83. The van der Waals surface area contributed by atoms with Gasteiger partial charge in [-0.3, -0.25) is 29.0 Å². The summed E-state index contributed by atoms with van der Waals surface area (Å²) < 4.78 is 45.9. The van der Waals surface area contributed by atoms with Gasteiger partial charge in [-0.25, -0.2) is 0 Å². The molecular weight excluding hydrogens is 884 g/mol. The number of carbonyl (C=O) groups is 5. The van der Waals surface area contributed by atoms with Gasteiger partial charge in [0.1, 0.15) is 5.75 Å². The first-order valence-electron chi connectivity index (χ1n) is 21.9. The van der Waals surface area contributed by atoms with E-state index >= 15 is 0 Å². The molecular formula is C47H57ClN2O14S. The molecule has 18 heteroatoms. The largest absolute Gasteiger partial charge is 0.490 e. The van der Waals surface area contributed by atoms with Crippen molar-refractivity contribution in [2.24, 2.45) is 0 Å². The zero-order chi connectivity index (χ0) is 46.5. The lowest BCUT2D eigenvalue weighted by Gasteiger charge is -2.44. The van der Waals surface area contributed by atoms with Crippen molar-refractivity contribution in [3.63, 3.8) is 0 Å². The van der Waals surface area contributed by atoms with Crippen LogP contribution in [-0.4, -0.2) is 120 Å². The molecule has 2 aromatic carbocycles. The molecule has 5 unspecified atom stereocenters. The maximum Gasteiger partial charge on any atom is 0.305 e. The highest BCUT2D eigenvalue weighted by molar-refractivity contribution is 7.99. The number of nitrogens with zero attached hydrogens (tertiary/aromatic N) is 2. The fourth-order valence-corrected chi connectivity index (χ4v) is 8.72. The highest BCUT2D eigenvalue weighted by atomic mass is 35.5. The molecule has 3 aromatic rings.